The molecule has 0 bridgehead atoms. The Balaban J connectivity index is 1.90. The lowest BCUT2D eigenvalue weighted by Crippen LogP contribution is -2.57. The smallest absolute Gasteiger partial charge is 0.408 e. The number of carbonyl (C=O) groups is 4. The fourth-order valence-electron chi connectivity index (χ4n) is 5.15. The Bertz CT molecular complexity index is 1590. The second-order valence-electron chi connectivity index (χ2n) is 13.9. The summed E-state index contributed by atoms with van der Waals surface area (Å²) < 4.78 is 5.38. The monoisotopic (exact) mass is 677 g/mol. The third-order valence-electron chi connectivity index (χ3n) is 8.06. The van der Waals surface area contributed by atoms with Crippen molar-refractivity contribution in [1.82, 2.24) is 25.1 Å². The molecule has 0 aliphatic heterocycles. The summed E-state index contributed by atoms with van der Waals surface area (Å²) in [5.41, 5.74) is -0.436. The van der Waals surface area contributed by atoms with Gasteiger partial charge in [-0.3, -0.25) is 19.4 Å². The summed E-state index contributed by atoms with van der Waals surface area (Å²) in [7, 11) is 8.46. The van der Waals surface area contributed by atoms with Gasteiger partial charge in [-0.25, -0.2) is 9.80 Å². The number of benzene rings is 2. The summed E-state index contributed by atoms with van der Waals surface area (Å²) in [5.74, 6) is -0.953. The molecule has 260 valence electrons. The molecule has 0 radical (unpaired) electrons. The third-order valence-corrected chi connectivity index (χ3v) is 8.96. The fourth-order valence-corrected chi connectivity index (χ4v) is 5.89. The van der Waals surface area contributed by atoms with E-state index in [2.05, 4.69) is 5.32 Å². The van der Waals surface area contributed by atoms with Crippen LogP contribution < -0.4 is 5.32 Å². The summed E-state index contributed by atoms with van der Waals surface area (Å²) in [6.07, 6.45) is 3.51. The van der Waals surface area contributed by atoms with Crippen molar-refractivity contribution in [2.45, 2.75) is 77.1 Å². The first-order valence-electron chi connectivity index (χ1n) is 16.0. The van der Waals surface area contributed by atoms with Crippen LogP contribution in [-0.2, 0) is 32.0 Å². The maximum Gasteiger partial charge on any atom is 0.408 e. The van der Waals surface area contributed by atoms with Crippen LogP contribution in [0.3, 0.4) is 0 Å². The van der Waals surface area contributed by atoms with Crippen LogP contribution in [0.25, 0.3) is 10.8 Å². The van der Waals surface area contributed by atoms with E-state index in [1.807, 2.05) is 73.8 Å². The Hall–Kier alpha value is -4.22. The zero-order valence-electron chi connectivity index (χ0n) is 29.9. The van der Waals surface area contributed by atoms with Gasteiger partial charge >= 0.3 is 6.09 Å². The van der Waals surface area contributed by atoms with Gasteiger partial charge in [0.05, 0.1) is 0 Å². The number of hydrogen-bond acceptors (Lipinski definition) is 7. The molecule has 0 aliphatic carbocycles. The third kappa shape index (κ3) is 10.9. The van der Waals surface area contributed by atoms with E-state index in [1.54, 1.807) is 67.1 Å². The van der Waals surface area contributed by atoms with E-state index in [0.717, 1.165) is 21.2 Å². The number of amides is 4. The van der Waals surface area contributed by atoms with Gasteiger partial charge in [-0.1, -0.05) is 54.6 Å². The number of nitrogens with one attached hydrogen (secondary N) is 1. The second kappa shape index (κ2) is 16.3. The predicted octanol–water partition coefficient (Wildman–Crippen LogP) is 5.53. The Morgan fingerprint density at radius 3 is 2.06 bits per heavy atom. The molecule has 0 unspecified atom stereocenters. The zero-order chi connectivity index (χ0) is 35.8. The maximum absolute atomic E-state index is 14.5. The van der Waals surface area contributed by atoms with E-state index in [0.29, 0.717) is 12.8 Å². The number of hydrazine groups is 1. The Morgan fingerprint density at radius 2 is 1.46 bits per heavy atom. The lowest BCUT2D eigenvalue weighted by molar-refractivity contribution is -0.154. The molecule has 0 aliphatic rings. The molecule has 1 heterocycles. The van der Waals surface area contributed by atoms with Gasteiger partial charge < -0.3 is 19.9 Å². The molecule has 48 heavy (non-hydrogen) atoms. The van der Waals surface area contributed by atoms with Crippen LogP contribution in [-0.4, -0.2) is 102 Å². The first kappa shape index (κ1) is 38.2. The Kier molecular flexibility index (Phi) is 12.9. The van der Waals surface area contributed by atoms with E-state index in [9.17, 15) is 19.2 Å². The van der Waals surface area contributed by atoms with Crippen molar-refractivity contribution in [3.63, 3.8) is 0 Å². The highest BCUT2D eigenvalue weighted by atomic mass is 32.1. The van der Waals surface area contributed by atoms with E-state index < -0.39 is 29.3 Å². The lowest BCUT2D eigenvalue weighted by atomic mass is 9.98. The van der Waals surface area contributed by atoms with Gasteiger partial charge in [0.2, 0.25) is 11.8 Å². The van der Waals surface area contributed by atoms with Gasteiger partial charge in [0.1, 0.15) is 17.7 Å². The molecule has 3 aromatic rings. The number of rotatable bonds is 13. The van der Waals surface area contributed by atoms with Crippen molar-refractivity contribution in [3.05, 3.63) is 82.6 Å². The van der Waals surface area contributed by atoms with Gasteiger partial charge in [0.15, 0.2) is 0 Å². The van der Waals surface area contributed by atoms with Crippen LogP contribution >= 0.6 is 11.3 Å². The minimum atomic E-state index is -0.899. The minimum Gasteiger partial charge on any atom is -0.444 e. The molecule has 0 saturated carbocycles. The molecule has 3 rings (SSSR count). The van der Waals surface area contributed by atoms with E-state index in [1.165, 1.54) is 32.2 Å². The SMILES string of the molecule is CN(C(=O)C=CCC(C)(C)NC(=O)OC(C)(C)C)[C@H](Cc1ccc2ccccc2c1)C(=O)N(C)[C@H](Cc1cccs1)C(=O)N(C)N(C)C. The topological polar surface area (TPSA) is 102 Å². The predicted molar refractivity (Wildman–Crippen MR) is 192 cm³/mol. The molecule has 1 aromatic heterocycles. The first-order chi connectivity index (χ1) is 22.4. The van der Waals surface area contributed by atoms with Crippen LogP contribution in [0.4, 0.5) is 4.79 Å². The number of alkyl carbamates (subject to hydrolysis) is 1. The maximum atomic E-state index is 14.5. The quantitative estimate of drug-likeness (QED) is 0.189. The van der Waals surface area contributed by atoms with Gasteiger partial charge in [-0.05, 0) is 74.9 Å². The van der Waals surface area contributed by atoms with Crippen molar-refractivity contribution in [3.8, 4) is 0 Å². The largest absolute Gasteiger partial charge is 0.444 e. The molecular formula is C37H51N5O5S. The summed E-state index contributed by atoms with van der Waals surface area (Å²) >= 11 is 1.53. The van der Waals surface area contributed by atoms with Gasteiger partial charge in [0, 0.05) is 58.5 Å². The van der Waals surface area contributed by atoms with Gasteiger partial charge in [0.25, 0.3) is 5.91 Å². The molecule has 2 aromatic carbocycles. The molecule has 2 atom stereocenters. The Labute approximate surface area is 289 Å². The molecule has 10 nitrogen and oxygen atoms in total. The molecule has 0 spiro atoms. The zero-order valence-corrected chi connectivity index (χ0v) is 30.8. The number of ether oxygens (including phenoxy) is 1. The number of likely N-dealkylation sites (N-methyl/N-ethyl adjacent to an activating group) is 3. The molecule has 0 saturated heterocycles. The number of nitrogens with zero attached hydrogens (tertiary/aromatic N) is 4. The van der Waals surface area contributed by atoms with E-state index >= 15 is 0 Å². The van der Waals surface area contributed by atoms with Crippen LogP contribution in [0.1, 0.15) is 51.5 Å². The lowest BCUT2D eigenvalue weighted by Gasteiger charge is -2.36. The van der Waals surface area contributed by atoms with E-state index in [4.69, 9.17) is 4.74 Å². The number of thiophene rings is 1. The molecule has 1 N–H and O–H groups in total. The number of carbonyl (C=O) groups excluding carboxylic acids is 4. The standard InChI is InChI=1S/C37H51N5O5S/c1-36(2,3)47-35(46)38-37(4,5)21-13-18-32(43)40(8)30(24-26-19-20-27-15-11-12-16-28(27)23-26)33(44)41(9)31(25-29-17-14-22-48-29)34(45)42(10)39(6)7/h11-20,22-23,30-31H,21,24-25H2,1-10H3,(H,38,46)/t30-,31-/m1/s1. The highest BCUT2D eigenvalue weighted by Crippen LogP contribution is 2.22. The van der Waals surface area contributed by atoms with Crippen molar-refractivity contribution < 1.29 is 23.9 Å². The van der Waals surface area contributed by atoms with Crippen molar-refractivity contribution in [1.29, 1.82) is 0 Å². The summed E-state index contributed by atoms with van der Waals surface area (Å²) in [5, 5.41) is 10.1. The molecule has 0 fully saturated rings. The number of hydrogen-bond donors (Lipinski definition) is 1. The summed E-state index contributed by atoms with van der Waals surface area (Å²) in [6.45, 7) is 9.06. The molecule has 11 heteroatoms. The normalized spacial score (nSPS) is 13.3. The highest BCUT2D eigenvalue weighted by molar-refractivity contribution is 7.09. The van der Waals surface area contributed by atoms with Crippen molar-refractivity contribution in [2.75, 3.05) is 35.2 Å². The van der Waals surface area contributed by atoms with Gasteiger partial charge in [-0.2, -0.15) is 0 Å². The van der Waals surface area contributed by atoms with Crippen LogP contribution in [0, 0.1) is 0 Å². The van der Waals surface area contributed by atoms with Crippen LogP contribution in [0.5, 0.6) is 0 Å². The van der Waals surface area contributed by atoms with Crippen molar-refractivity contribution >= 4 is 45.9 Å². The second-order valence-corrected chi connectivity index (χ2v) is 15.0. The fraction of sp³-hybridized carbons (Fsp3) is 0.459. The summed E-state index contributed by atoms with van der Waals surface area (Å²) in [6, 6.07) is 16.2. The Morgan fingerprint density at radius 1 is 0.812 bits per heavy atom. The van der Waals surface area contributed by atoms with E-state index in [-0.39, 0.29) is 24.1 Å². The van der Waals surface area contributed by atoms with Crippen LogP contribution in [0.2, 0.25) is 0 Å². The molecule has 4 amide bonds. The average Bonchev–Trinajstić information content (AvgIpc) is 3.52. The van der Waals surface area contributed by atoms with Gasteiger partial charge in [-0.15, -0.1) is 11.3 Å². The average molecular weight is 678 g/mol. The highest BCUT2D eigenvalue weighted by Gasteiger charge is 2.36. The minimum absolute atomic E-state index is 0.234. The van der Waals surface area contributed by atoms with Crippen LogP contribution in [0.15, 0.2) is 72.1 Å². The molecular weight excluding hydrogens is 627 g/mol. The summed E-state index contributed by atoms with van der Waals surface area (Å²) in [4.78, 5) is 58.1. The first-order valence-corrected chi connectivity index (χ1v) is 16.9. The number of fused-ring (bicyclic) bond motifs is 1. The van der Waals surface area contributed by atoms with Crippen molar-refractivity contribution in [2.24, 2.45) is 0 Å².